The average molecular weight is 462 g/mol. The summed E-state index contributed by atoms with van der Waals surface area (Å²) >= 11 is 0. The zero-order valence-electron chi connectivity index (χ0n) is 16.3. The molecule has 0 saturated carbocycles. The fourth-order valence-electron chi connectivity index (χ4n) is 2.32. The lowest BCUT2D eigenvalue weighted by atomic mass is 10.1. The molecule has 5 nitrogen and oxygen atoms in total. The van der Waals surface area contributed by atoms with Gasteiger partial charge in [0.05, 0.1) is 0 Å². The van der Waals surface area contributed by atoms with Crippen LogP contribution in [-0.4, -0.2) is 51.8 Å². The number of hydrogen-bond donors (Lipinski definition) is 2. The number of hydrogen-bond acceptors (Lipinski definition) is 3. The van der Waals surface area contributed by atoms with Gasteiger partial charge in [0.1, 0.15) is 0 Å². The van der Waals surface area contributed by atoms with Gasteiger partial charge in [0.2, 0.25) is 0 Å². The van der Waals surface area contributed by atoms with Crippen molar-refractivity contribution in [3.05, 3.63) is 35.4 Å². The second-order valence-electron chi connectivity index (χ2n) is 6.68. The monoisotopic (exact) mass is 462 g/mol. The standard InChI is InChI=1S/C19H34N4O.HI/c1-16(2)15-24-12-8-11-21-19(20-3)22-13-17-9-6-7-10-18(17)14-23(4)5;/h6-7,9-10,16H,8,11-15H2,1-5H3,(H2,20,21,22);1H. The fraction of sp³-hybridized carbons (Fsp3) is 0.632. The van der Waals surface area contributed by atoms with Gasteiger partial charge >= 0.3 is 0 Å². The van der Waals surface area contributed by atoms with Gasteiger partial charge in [-0.3, -0.25) is 4.99 Å². The van der Waals surface area contributed by atoms with E-state index in [1.807, 2.05) is 0 Å². The average Bonchev–Trinajstić information content (AvgIpc) is 2.54. The summed E-state index contributed by atoms with van der Waals surface area (Å²) in [7, 11) is 5.98. The first kappa shape index (κ1) is 24.1. The van der Waals surface area contributed by atoms with Gasteiger partial charge in [-0.2, -0.15) is 0 Å². The molecule has 0 unspecified atom stereocenters. The van der Waals surface area contributed by atoms with E-state index in [1.54, 1.807) is 7.05 Å². The van der Waals surface area contributed by atoms with Crippen LogP contribution in [0.1, 0.15) is 31.4 Å². The van der Waals surface area contributed by atoms with Crippen molar-refractivity contribution in [2.24, 2.45) is 10.9 Å². The van der Waals surface area contributed by atoms with Crippen LogP contribution in [-0.2, 0) is 17.8 Å². The maximum absolute atomic E-state index is 5.59. The molecule has 0 aliphatic rings. The van der Waals surface area contributed by atoms with Crippen LogP contribution in [0.5, 0.6) is 0 Å². The molecule has 0 aromatic heterocycles. The highest BCUT2D eigenvalue weighted by molar-refractivity contribution is 14.0. The Kier molecular flexibility index (Phi) is 13.8. The van der Waals surface area contributed by atoms with E-state index < -0.39 is 0 Å². The van der Waals surface area contributed by atoms with E-state index in [4.69, 9.17) is 4.74 Å². The largest absolute Gasteiger partial charge is 0.381 e. The number of benzene rings is 1. The predicted molar refractivity (Wildman–Crippen MR) is 118 cm³/mol. The number of halogens is 1. The molecule has 25 heavy (non-hydrogen) atoms. The highest BCUT2D eigenvalue weighted by atomic mass is 127. The Balaban J connectivity index is 0.00000576. The minimum Gasteiger partial charge on any atom is -0.381 e. The molecule has 2 N–H and O–H groups in total. The number of aliphatic imine (C=N–C) groups is 1. The van der Waals surface area contributed by atoms with E-state index in [0.29, 0.717) is 5.92 Å². The molecular weight excluding hydrogens is 427 g/mol. The highest BCUT2D eigenvalue weighted by Gasteiger charge is 2.04. The van der Waals surface area contributed by atoms with Crippen molar-refractivity contribution in [1.29, 1.82) is 0 Å². The second kappa shape index (κ2) is 14.3. The number of nitrogens with one attached hydrogen (secondary N) is 2. The van der Waals surface area contributed by atoms with Gasteiger partial charge in [0.25, 0.3) is 0 Å². The molecule has 0 spiro atoms. The number of guanidine groups is 1. The number of rotatable bonds is 10. The van der Waals surface area contributed by atoms with E-state index in [1.165, 1.54) is 11.1 Å². The smallest absolute Gasteiger partial charge is 0.191 e. The van der Waals surface area contributed by atoms with Gasteiger partial charge < -0.3 is 20.3 Å². The normalized spacial score (nSPS) is 11.6. The minimum atomic E-state index is 0. The van der Waals surface area contributed by atoms with Crippen molar-refractivity contribution in [2.45, 2.75) is 33.4 Å². The zero-order valence-corrected chi connectivity index (χ0v) is 18.7. The number of ether oxygens (including phenoxy) is 1. The third kappa shape index (κ3) is 11.4. The topological polar surface area (TPSA) is 48.9 Å². The Morgan fingerprint density at radius 3 is 2.44 bits per heavy atom. The maximum atomic E-state index is 5.59. The summed E-state index contributed by atoms with van der Waals surface area (Å²) < 4.78 is 5.59. The molecule has 0 radical (unpaired) electrons. The Bertz CT molecular complexity index is 492. The van der Waals surface area contributed by atoms with Gasteiger partial charge in [-0.05, 0) is 37.6 Å². The van der Waals surface area contributed by atoms with Crippen LogP contribution >= 0.6 is 24.0 Å². The van der Waals surface area contributed by atoms with Gasteiger partial charge in [-0.15, -0.1) is 24.0 Å². The van der Waals surface area contributed by atoms with Crippen LogP contribution in [0.15, 0.2) is 29.3 Å². The molecule has 0 amide bonds. The quantitative estimate of drug-likeness (QED) is 0.243. The SMILES string of the molecule is CN=C(NCCCOCC(C)C)NCc1ccccc1CN(C)C.I. The lowest BCUT2D eigenvalue weighted by molar-refractivity contribution is 0.108. The van der Waals surface area contributed by atoms with Crippen molar-refractivity contribution in [2.75, 3.05) is 40.9 Å². The van der Waals surface area contributed by atoms with Crippen LogP contribution in [0, 0.1) is 5.92 Å². The van der Waals surface area contributed by atoms with Crippen LogP contribution in [0.4, 0.5) is 0 Å². The molecule has 144 valence electrons. The van der Waals surface area contributed by atoms with E-state index in [2.05, 4.69) is 72.7 Å². The third-order valence-electron chi connectivity index (χ3n) is 3.48. The maximum Gasteiger partial charge on any atom is 0.191 e. The van der Waals surface area contributed by atoms with Gasteiger partial charge in [0, 0.05) is 39.9 Å². The molecule has 0 aliphatic heterocycles. The van der Waals surface area contributed by atoms with Crippen LogP contribution in [0.25, 0.3) is 0 Å². The molecule has 0 saturated heterocycles. The molecule has 1 rings (SSSR count). The lowest BCUT2D eigenvalue weighted by Gasteiger charge is -2.16. The Morgan fingerprint density at radius 2 is 1.84 bits per heavy atom. The first-order chi connectivity index (χ1) is 11.5. The Hall–Kier alpha value is -0.860. The molecule has 1 aromatic carbocycles. The highest BCUT2D eigenvalue weighted by Crippen LogP contribution is 2.10. The summed E-state index contributed by atoms with van der Waals surface area (Å²) in [6, 6.07) is 8.52. The van der Waals surface area contributed by atoms with Crippen LogP contribution in [0.3, 0.4) is 0 Å². The summed E-state index contributed by atoms with van der Waals surface area (Å²) in [6.07, 6.45) is 0.977. The summed E-state index contributed by atoms with van der Waals surface area (Å²) in [4.78, 5) is 6.47. The van der Waals surface area contributed by atoms with Gasteiger partial charge in [-0.1, -0.05) is 38.1 Å². The number of nitrogens with zero attached hydrogens (tertiary/aromatic N) is 2. The summed E-state index contributed by atoms with van der Waals surface area (Å²) in [5, 5.41) is 6.72. The van der Waals surface area contributed by atoms with Crippen LogP contribution in [0.2, 0.25) is 0 Å². The molecular formula is C19H35IN4O. The van der Waals surface area contributed by atoms with E-state index in [9.17, 15) is 0 Å². The molecule has 0 heterocycles. The summed E-state index contributed by atoms with van der Waals surface area (Å²) in [5.41, 5.74) is 2.64. The van der Waals surface area contributed by atoms with Crippen molar-refractivity contribution in [3.63, 3.8) is 0 Å². The molecule has 6 heteroatoms. The van der Waals surface area contributed by atoms with Crippen molar-refractivity contribution >= 4 is 29.9 Å². The van der Waals surface area contributed by atoms with E-state index in [-0.39, 0.29) is 24.0 Å². The lowest BCUT2D eigenvalue weighted by Crippen LogP contribution is -2.37. The second-order valence-corrected chi connectivity index (χ2v) is 6.68. The van der Waals surface area contributed by atoms with E-state index in [0.717, 1.165) is 45.2 Å². The molecule has 0 aliphatic carbocycles. The zero-order chi connectivity index (χ0) is 17.8. The molecule has 0 atom stereocenters. The van der Waals surface area contributed by atoms with Crippen molar-refractivity contribution in [3.8, 4) is 0 Å². The summed E-state index contributed by atoms with van der Waals surface area (Å²) in [5.74, 6) is 1.42. The first-order valence-electron chi connectivity index (χ1n) is 8.76. The first-order valence-corrected chi connectivity index (χ1v) is 8.76. The minimum absolute atomic E-state index is 0. The molecule has 0 bridgehead atoms. The van der Waals surface area contributed by atoms with Crippen LogP contribution < -0.4 is 10.6 Å². The molecule has 0 fully saturated rings. The Labute approximate surface area is 170 Å². The van der Waals surface area contributed by atoms with E-state index >= 15 is 0 Å². The fourth-order valence-corrected chi connectivity index (χ4v) is 2.32. The van der Waals surface area contributed by atoms with Gasteiger partial charge in [0.15, 0.2) is 5.96 Å². The van der Waals surface area contributed by atoms with Crippen molar-refractivity contribution < 1.29 is 4.74 Å². The Morgan fingerprint density at radius 1 is 1.16 bits per heavy atom. The summed E-state index contributed by atoms with van der Waals surface area (Å²) in [6.45, 7) is 8.52. The van der Waals surface area contributed by atoms with Crippen molar-refractivity contribution in [1.82, 2.24) is 15.5 Å². The third-order valence-corrected chi connectivity index (χ3v) is 3.48. The molecule has 1 aromatic rings. The predicted octanol–water partition coefficient (Wildman–Crippen LogP) is 3.09. The van der Waals surface area contributed by atoms with Gasteiger partial charge in [-0.25, -0.2) is 0 Å².